The van der Waals surface area contributed by atoms with Crippen molar-refractivity contribution >= 4 is 27.5 Å². The first-order valence-corrected chi connectivity index (χ1v) is 8.28. The average Bonchev–Trinajstić information content (AvgIpc) is 2.73. The number of aliphatic hydroxyl groups is 1. The van der Waals surface area contributed by atoms with Crippen LogP contribution in [0.25, 0.3) is 11.0 Å². The summed E-state index contributed by atoms with van der Waals surface area (Å²) < 4.78 is 13.4. The van der Waals surface area contributed by atoms with Crippen LogP contribution in [-0.4, -0.2) is 30.4 Å². The monoisotopic (exact) mass is 295 g/mol. The quantitative estimate of drug-likeness (QED) is 0.825. The van der Waals surface area contributed by atoms with Gasteiger partial charge < -0.3 is 15.4 Å². The Labute approximate surface area is 121 Å². The van der Waals surface area contributed by atoms with Gasteiger partial charge in [0.25, 0.3) is 0 Å². The summed E-state index contributed by atoms with van der Waals surface area (Å²) >= 11 is 0. The van der Waals surface area contributed by atoms with Gasteiger partial charge in [-0.1, -0.05) is 6.92 Å². The van der Waals surface area contributed by atoms with E-state index in [-0.39, 0.29) is 5.25 Å². The summed E-state index contributed by atoms with van der Waals surface area (Å²) in [7, 11) is -0.843. The third-order valence-electron chi connectivity index (χ3n) is 3.50. The van der Waals surface area contributed by atoms with Gasteiger partial charge >= 0.3 is 0 Å². The smallest absolute Gasteiger partial charge is 0.138 e. The maximum Gasteiger partial charge on any atom is 0.138 e. The van der Waals surface area contributed by atoms with Crippen LogP contribution in [0, 0.1) is 0 Å². The van der Waals surface area contributed by atoms with E-state index in [0.717, 1.165) is 17.5 Å². The van der Waals surface area contributed by atoms with Crippen molar-refractivity contribution in [2.45, 2.75) is 38.2 Å². The molecule has 0 saturated heterocycles. The lowest BCUT2D eigenvalue weighted by molar-refractivity contribution is 0.184. The summed E-state index contributed by atoms with van der Waals surface area (Å²) in [6, 6.07) is 5.55. The Morgan fingerprint density at radius 3 is 2.75 bits per heavy atom. The largest absolute Gasteiger partial charge is 0.399 e. The molecule has 2 rings (SSSR count). The van der Waals surface area contributed by atoms with Crippen LogP contribution in [0.2, 0.25) is 0 Å². The van der Waals surface area contributed by atoms with Crippen LogP contribution in [0.3, 0.4) is 0 Å². The van der Waals surface area contributed by atoms with E-state index in [1.54, 1.807) is 19.2 Å². The van der Waals surface area contributed by atoms with E-state index in [9.17, 15) is 9.32 Å². The zero-order valence-electron chi connectivity index (χ0n) is 12.0. The van der Waals surface area contributed by atoms with Gasteiger partial charge in [0.2, 0.25) is 0 Å². The minimum atomic E-state index is -0.843. The molecule has 3 unspecified atom stereocenters. The molecule has 0 aliphatic rings. The van der Waals surface area contributed by atoms with Gasteiger partial charge in [-0.25, -0.2) is 4.98 Å². The molecule has 0 spiro atoms. The zero-order valence-corrected chi connectivity index (χ0v) is 12.9. The van der Waals surface area contributed by atoms with E-state index in [1.807, 2.05) is 23.6 Å². The third kappa shape index (κ3) is 3.02. The van der Waals surface area contributed by atoms with Crippen molar-refractivity contribution in [3.8, 4) is 0 Å². The maximum atomic E-state index is 11.5. The molecule has 3 N–H and O–H groups in total. The molecular weight excluding hydrogens is 274 g/mol. The van der Waals surface area contributed by atoms with Crippen molar-refractivity contribution in [2.24, 2.45) is 0 Å². The van der Waals surface area contributed by atoms with Gasteiger partial charge in [0, 0.05) is 34.5 Å². The van der Waals surface area contributed by atoms with Crippen molar-refractivity contribution < 1.29 is 9.32 Å². The number of nitrogen functional groups attached to an aromatic ring is 1. The second-order valence-corrected chi connectivity index (χ2v) is 6.95. The second-order valence-electron chi connectivity index (χ2n) is 5.14. The van der Waals surface area contributed by atoms with Gasteiger partial charge in [-0.05, 0) is 31.5 Å². The molecule has 0 aliphatic heterocycles. The van der Waals surface area contributed by atoms with Crippen LogP contribution in [-0.2, 0) is 17.3 Å². The summed E-state index contributed by atoms with van der Waals surface area (Å²) in [5.74, 6) is 0.625. The predicted molar refractivity (Wildman–Crippen MR) is 82.9 cm³/mol. The molecule has 20 heavy (non-hydrogen) atoms. The van der Waals surface area contributed by atoms with Crippen molar-refractivity contribution in [1.29, 1.82) is 0 Å². The van der Waals surface area contributed by atoms with Crippen molar-refractivity contribution in [3.63, 3.8) is 0 Å². The molecule has 2 aromatic rings. The molecule has 1 aromatic heterocycles. The standard InChI is InChI=1S/C14H21N3O2S/c1-9(20(3)19)6-7-17-13-5-4-11(15)8-12(13)16-14(17)10(2)18/h4-5,8-10,18H,6-7,15H2,1-3H3. The van der Waals surface area contributed by atoms with E-state index in [2.05, 4.69) is 4.98 Å². The minimum absolute atomic E-state index is 0.114. The van der Waals surface area contributed by atoms with Crippen LogP contribution in [0.1, 0.15) is 32.2 Å². The van der Waals surface area contributed by atoms with Gasteiger partial charge in [-0.15, -0.1) is 0 Å². The highest BCUT2D eigenvalue weighted by Crippen LogP contribution is 2.23. The number of benzene rings is 1. The Morgan fingerprint density at radius 1 is 1.45 bits per heavy atom. The number of nitrogens with zero attached hydrogens (tertiary/aromatic N) is 2. The summed E-state index contributed by atoms with van der Waals surface area (Å²) in [6.45, 7) is 4.35. The van der Waals surface area contributed by atoms with Gasteiger partial charge in [-0.2, -0.15) is 0 Å². The van der Waals surface area contributed by atoms with Crippen LogP contribution >= 0.6 is 0 Å². The normalized spacial score (nSPS) is 16.2. The third-order valence-corrected chi connectivity index (χ3v) is 4.87. The van der Waals surface area contributed by atoms with Gasteiger partial charge in [0.15, 0.2) is 0 Å². The molecule has 1 aromatic carbocycles. The number of hydrogen-bond donors (Lipinski definition) is 2. The lowest BCUT2D eigenvalue weighted by Gasteiger charge is -2.13. The minimum Gasteiger partial charge on any atom is -0.399 e. The fourth-order valence-electron chi connectivity index (χ4n) is 2.20. The van der Waals surface area contributed by atoms with Crippen molar-refractivity contribution in [1.82, 2.24) is 9.55 Å². The molecular formula is C14H21N3O2S. The first-order chi connectivity index (χ1) is 9.40. The predicted octanol–water partition coefficient (Wildman–Crippen LogP) is 1.83. The molecule has 1 heterocycles. The highest BCUT2D eigenvalue weighted by molar-refractivity contribution is 7.84. The Bertz CT molecular complexity index is 637. The Balaban J connectivity index is 2.38. The average molecular weight is 295 g/mol. The molecule has 0 bridgehead atoms. The number of nitrogens with two attached hydrogens (primary N) is 1. The first-order valence-electron chi connectivity index (χ1n) is 6.66. The Hall–Kier alpha value is -1.40. The van der Waals surface area contributed by atoms with Crippen LogP contribution in [0.4, 0.5) is 5.69 Å². The van der Waals surface area contributed by atoms with Gasteiger partial charge in [0.05, 0.1) is 11.0 Å². The number of aryl methyl sites for hydroxylation is 1. The molecule has 6 heteroatoms. The van der Waals surface area contributed by atoms with Crippen LogP contribution in [0.15, 0.2) is 18.2 Å². The highest BCUT2D eigenvalue weighted by Gasteiger charge is 2.16. The number of aliphatic hydroxyl groups excluding tert-OH is 1. The number of fused-ring (bicyclic) bond motifs is 1. The zero-order chi connectivity index (χ0) is 14.9. The van der Waals surface area contributed by atoms with E-state index < -0.39 is 16.9 Å². The lowest BCUT2D eigenvalue weighted by Crippen LogP contribution is -2.15. The van der Waals surface area contributed by atoms with Gasteiger partial charge in [0.1, 0.15) is 11.9 Å². The molecule has 110 valence electrons. The van der Waals surface area contributed by atoms with Crippen molar-refractivity contribution in [2.75, 3.05) is 12.0 Å². The Kier molecular flexibility index (Phi) is 4.45. The summed E-state index contributed by atoms with van der Waals surface area (Å²) in [4.78, 5) is 4.45. The van der Waals surface area contributed by atoms with Gasteiger partial charge in [-0.3, -0.25) is 4.21 Å². The number of rotatable bonds is 5. The molecule has 0 fully saturated rings. The highest BCUT2D eigenvalue weighted by atomic mass is 32.2. The SMILES string of the molecule is CC(O)c1nc2cc(N)ccc2n1CCC(C)S(C)=O. The lowest BCUT2D eigenvalue weighted by atomic mass is 10.2. The fourth-order valence-corrected chi connectivity index (χ4v) is 2.63. The molecule has 3 atom stereocenters. The number of imidazole rings is 1. The van der Waals surface area contributed by atoms with E-state index in [1.165, 1.54) is 0 Å². The number of anilines is 1. The molecule has 0 amide bonds. The van der Waals surface area contributed by atoms with Crippen LogP contribution in [0.5, 0.6) is 0 Å². The summed E-state index contributed by atoms with van der Waals surface area (Å²) in [6.07, 6.45) is 1.84. The van der Waals surface area contributed by atoms with E-state index >= 15 is 0 Å². The number of hydrogen-bond acceptors (Lipinski definition) is 4. The van der Waals surface area contributed by atoms with Crippen molar-refractivity contribution in [3.05, 3.63) is 24.0 Å². The molecule has 0 radical (unpaired) electrons. The first kappa shape index (κ1) is 15.0. The molecule has 5 nitrogen and oxygen atoms in total. The summed E-state index contributed by atoms with van der Waals surface area (Å²) in [5, 5.41) is 9.99. The van der Waals surface area contributed by atoms with E-state index in [4.69, 9.17) is 5.73 Å². The Morgan fingerprint density at radius 2 is 2.15 bits per heavy atom. The second kappa shape index (κ2) is 5.93. The maximum absolute atomic E-state index is 11.5. The topological polar surface area (TPSA) is 81.1 Å². The van der Waals surface area contributed by atoms with E-state index in [0.29, 0.717) is 18.1 Å². The fraction of sp³-hybridized carbons (Fsp3) is 0.500. The molecule has 0 aliphatic carbocycles. The molecule has 0 saturated carbocycles. The van der Waals surface area contributed by atoms with Crippen LogP contribution < -0.4 is 5.73 Å². The number of aromatic nitrogens is 2. The summed E-state index contributed by atoms with van der Waals surface area (Å²) in [5.41, 5.74) is 8.16.